The predicted molar refractivity (Wildman–Crippen MR) is 104 cm³/mol. The molecule has 0 bridgehead atoms. The van der Waals surface area contributed by atoms with Crippen molar-refractivity contribution in [1.29, 1.82) is 0 Å². The van der Waals surface area contributed by atoms with Gasteiger partial charge in [-0.15, -0.1) is 0 Å². The summed E-state index contributed by atoms with van der Waals surface area (Å²) in [4.78, 5) is 12.0. The minimum atomic E-state index is -3.17. The Morgan fingerprint density at radius 2 is 0.531 bits per heavy atom. The predicted octanol–water partition coefficient (Wildman–Crippen LogP) is -2.71. The van der Waals surface area contributed by atoms with E-state index in [1.54, 1.807) is 0 Å². The lowest BCUT2D eigenvalue weighted by Gasteiger charge is -2.09. The lowest BCUT2D eigenvalue weighted by atomic mass is 10.1. The molecule has 4 aromatic heterocycles. The summed E-state index contributed by atoms with van der Waals surface area (Å²) in [7, 11) is -6.33. The summed E-state index contributed by atoms with van der Waals surface area (Å²) in [5.41, 5.74) is 4.90. The summed E-state index contributed by atoms with van der Waals surface area (Å²) in [5.74, 6) is 0. The van der Waals surface area contributed by atoms with Gasteiger partial charge < -0.3 is 28.7 Å². The molecule has 0 saturated carbocycles. The summed E-state index contributed by atoms with van der Waals surface area (Å²) in [5, 5.41) is 33.2. The van der Waals surface area contributed by atoms with E-state index in [0.29, 0.717) is 0 Å². The van der Waals surface area contributed by atoms with Crippen molar-refractivity contribution in [2.75, 3.05) is 0 Å². The minimum Gasteiger partial charge on any atom is -0.867 e. The molecule has 0 aliphatic rings. The molecule has 0 fully saturated rings. The molecule has 0 aliphatic heterocycles. The van der Waals surface area contributed by atoms with Gasteiger partial charge in [-0.1, -0.05) is 0 Å². The van der Waals surface area contributed by atoms with Gasteiger partial charge in [-0.05, 0) is 22.3 Å². The van der Waals surface area contributed by atoms with Gasteiger partial charge in [0.05, 0.1) is 0 Å². The molecular weight excluding hydrogens is 420 g/mol. The molecule has 4 heterocycles. The molecule has 8 nitrogen and oxygen atoms in total. The number of halogens is 2. The molecule has 4 rings (SSSR count). The number of hydrogen-bond donors (Lipinski definition) is 0. The molecule has 0 unspecified atom stereocenters. The first kappa shape index (κ1) is 26.5. The summed E-state index contributed by atoms with van der Waals surface area (Å²) in [6.45, 7) is 0. The monoisotopic (exact) mass is 440 g/mol. The van der Waals surface area contributed by atoms with Crippen molar-refractivity contribution >= 4 is 14.8 Å². The van der Waals surface area contributed by atoms with Crippen LogP contribution >= 0.6 is 0 Å². The maximum Gasteiger partial charge on any atom is 0.167 e. The highest BCUT2D eigenvalue weighted by Gasteiger charge is 1.98. The van der Waals surface area contributed by atoms with Crippen molar-refractivity contribution in [3.8, 4) is 22.3 Å². The molecule has 0 saturated heterocycles. The second kappa shape index (κ2) is 16.2. The Morgan fingerprint density at radius 3 is 0.656 bits per heavy atom. The van der Waals surface area contributed by atoms with Crippen LogP contribution in [0.1, 0.15) is 0 Å². The highest BCUT2D eigenvalue weighted by atomic mass is 19.1. The van der Waals surface area contributed by atoms with Crippen LogP contribution in [0.2, 0.25) is 0 Å². The van der Waals surface area contributed by atoms with Crippen LogP contribution in [-0.4, -0.2) is 14.8 Å². The van der Waals surface area contributed by atoms with Crippen molar-refractivity contribution in [3.05, 3.63) is 98.1 Å². The fraction of sp³-hybridized carbons (Fsp3) is 0. The third-order valence-electron chi connectivity index (χ3n) is 3.54. The maximum atomic E-state index is 9.89. The van der Waals surface area contributed by atoms with Gasteiger partial charge in [-0.2, -0.15) is 0 Å². The lowest BCUT2D eigenvalue weighted by molar-refractivity contribution is -0.378. The normalized spacial score (nSPS) is 8.94. The summed E-state index contributed by atoms with van der Waals surface area (Å²) >= 11 is 0. The molecule has 32 heavy (non-hydrogen) atoms. The first-order valence-electron chi connectivity index (χ1n) is 9.16. The van der Waals surface area contributed by atoms with Gasteiger partial charge in [0.1, 0.15) is 14.8 Å². The fourth-order valence-electron chi connectivity index (χ4n) is 2.32. The zero-order valence-electron chi connectivity index (χ0n) is 16.8. The highest BCUT2D eigenvalue weighted by Crippen LogP contribution is 2.15. The van der Waals surface area contributed by atoms with Gasteiger partial charge in [0.2, 0.25) is 0 Å². The van der Waals surface area contributed by atoms with E-state index in [4.69, 9.17) is 20.1 Å². The second-order valence-corrected chi connectivity index (χ2v) is 5.70. The summed E-state index contributed by atoms with van der Waals surface area (Å²) in [6, 6.07) is 16.4. The van der Waals surface area contributed by atoms with Gasteiger partial charge in [0.25, 0.3) is 0 Å². The van der Waals surface area contributed by atoms with E-state index in [1.807, 2.05) is 49.6 Å². The topological polar surface area (TPSA) is 149 Å². The minimum absolute atomic E-state index is 1.22. The van der Waals surface area contributed by atoms with E-state index < -0.39 is 14.8 Å². The number of hydrogen-bond acceptors (Lipinski definition) is 4. The molecular formula is C20H20B2F2N4O4. The van der Waals surface area contributed by atoms with E-state index in [9.17, 15) is 8.63 Å². The van der Waals surface area contributed by atoms with Crippen molar-refractivity contribution < 1.29 is 48.7 Å². The Morgan fingerprint density at radius 1 is 0.406 bits per heavy atom. The van der Waals surface area contributed by atoms with Crippen LogP contribution in [0.15, 0.2) is 98.1 Å². The molecule has 0 atom stereocenters. The quantitative estimate of drug-likeness (QED) is 0.312. The molecule has 0 aromatic carbocycles. The lowest BCUT2D eigenvalue weighted by Crippen LogP contribution is -2.39. The van der Waals surface area contributed by atoms with E-state index in [0.717, 1.165) is 0 Å². The number of H-pyrrole nitrogens is 4. The number of rotatable bonds is 2. The Labute approximate surface area is 184 Å². The van der Waals surface area contributed by atoms with Gasteiger partial charge in [0, 0.05) is 48.5 Å². The van der Waals surface area contributed by atoms with Gasteiger partial charge in [0.15, 0.2) is 49.6 Å². The zero-order valence-corrected chi connectivity index (χ0v) is 16.8. The molecule has 0 amide bonds. The van der Waals surface area contributed by atoms with Crippen molar-refractivity contribution in [2.45, 2.75) is 0 Å². The standard InChI is InChI=1S/2C10H8N2.2BFO2/c2*1-5-11-6-2-9(1)10-3-7-12-8-4-10;2*2-1(3)4/h2*1-8H;;/q;;2*-2/p+4. The number of nitrogens with one attached hydrogen (secondary N) is 4. The number of pyridine rings is 4. The first-order chi connectivity index (χ1) is 15.4. The average Bonchev–Trinajstić information content (AvgIpc) is 2.81. The van der Waals surface area contributed by atoms with E-state index in [2.05, 4.69) is 68.5 Å². The van der Waals surface area contributed by atoms with Crippen LogP contribution in [0.4, 0.5) is 8.63 Å². The fourth-order valence-corrected chi connectivity index (χ4v) is 2.32. The Hall–Kier alpha value is -3.57. The van der Waals surface area contributed by atoms with Crippen LogP contribution in [0.3, 0.4) is 0 Å². The van der Waals surface area contributed by atoms with Gasteiger partial charge >= 0.3 is 0 Å². The van der Waals surface area contributed by atoms with E-state index >= 15 is 0 Å². The molecule has 0 radical (unpaired) electrons. The summed E-state index contributed by atoms with van der Waals surface area (Å²) < 4.78 is 19.8. The van der Waals surface area contributed by atoms with Crippen molar-refractivity contribution in [3.63, 3.8) is 0 Å². The van der Waals surface area contributed by atoms with Crippen LogP contribution in [0.25, 0.3) is 22.3 Å². The smallest absolute Gasteiger partial charge is 0.167 e. The number of aromatic nitrogens is 4. The highest BCUT2D eigenvalue weighted by molar-refractivity contribution is 6.27. The SMILES string of the molecule is [O-]B([O-])F.[O-]B([O-])F.c1cc(-c2cc[nH+]cc2)cc[nH+]1.c1cc(-c2cc[nH+]cc2)cc[nH+]1. The largest absolute Gasteiger partial charge is 0.867 e. The van der Waals surface area contributed by atoms with Crippen LogP contribution < -0.4 is 40.0 Å². The average molecular weight is 440 g/mol. The third-order valence-corrected chi connectivity index (χ3v) is 3.54. The first-order valence-corrected chi connectivity index (χ1v) is 9.16. The molecule has 0 spiro atoms. The molecule has 4 N–H and O–H groups in total. The molecule has 0 aliphatic carbocycles. The van der Waals surface area contributed by atoms with Crippen molar-refractivity contribution in [1.82, 2.24) is 0 Å². The Balaban J connectivity index is 0.000000242. The molecule has 4 aromatic rings. The zero-order chi connectivity index (χ0) is 23.6. The van der Waals surface area contributed by atoms with Crippen LogP contribution in [-0.2, 0) is 0 Å². The van der Waals surface area contributed by atoms with Gasteiger partial charge in [-0.25, -0.2) is 19.9 Å². The molecule has 12 heteroatoms. The summed E-state index contributed by atoms with van der Waals surface area (Å²) in [6.07, 6.45) is 15.4. The van der Waals surface area contributed by atoms with Crippen molar-refractivity contribution in [2.24, 2.45) is 0 Å². The van der Waals surface area contributed by atoms with Crippen LogP contribution in [0.5, 0.6) is 0 Å². The number of aromatic amines is 4. The van der Waals surface area contributed by atoms with Crippen LogP contribution in [0, 0.1) is 0 Å². The van der Waals surface area contributed by atoms with Gasteiger partial charge in [-0.3, -0.25) is 0 Å². The van der Waals surface area contributed by atoms with E-state index in [1.165, 1.54) is 22.3 Å². The second-order valence-electron chi connectivity index (χ2n) is 5.70. The maximum absolute atomic E-state index is 9.89. The molecule has 164 valence electrons. The third kappa shape index (κ3) is 12.9. The van der Waals surface area contributed by atoms with E-state index in [-0.39, 0.29) is 0 Å². The Bertz CT molecular complexity index is 801. The Kier molecular flexibility index (Phi) is 13.4.